The van der Waals surface area contributed by atoms with Gasteiger partial charge in [0, 0.05) is 15.5 Å². The van der Waals surface area contributed by atoms with Crippen LogP contribution in [0.25, 0.3) is 0 Å². The molecule has 2 aromatic heterocycles. The van der Waals surface area contributed by atoms with Crippen molar-refractivity contribution in [3.63, 3.8) is 0 Å². The third kappa shape index (κ3) is 5.17. The first-order chi connectivity index (χ1) is 14.6. The Balaban J connectivity index is 1.51. The molecule has 2 heterocycles. The van der Waals surface area contributed by atoms with Gasteiger partial charge in [0.25, 0.3) is 5.91 Å². The minimum atomic E-state index is -0.118. The van der Waals surface area contributed by atoms with Gasteiger partial charge in [-0.15, -0.1) is 0 Å². The van der Waals surface area contributed by atoms with Crippen molar-refractivity contribution < 1.29 is 13.6 Å². The van der Waals surface area contributed by atoms with Gasteiger partial charge in [-0.25, -0.2) is 0 Å². The molecular weight excluding hydrogens is 418 g/mol. The minimum Gasteiger partial charge on any atom is -0.467 e. The lowest BCUT2D eigenvalue weighted by molar-refractivity contribution is 0.0702. The van der Waals surface area contributed by atoms with Crippen molar-refractivity contribution in [3.8, 4) is 0 Å². The Kier molecular flexibility index (Phi) is 6.31. The highest BCUT2D eigenvalue weighted by Crippen LogP contribution is 2.30. The number of furan rings is 2. The number of rotatable bonds is 7. The summed E-state index contributed by atoms with van der Waals surface area (Å²) in [6, 6.07) is 22.6. The maximum atomic E-state index is 13.1. The van der Waals surface area contributed by atoms with Gasteiger partial charge >= 0.3 is 0 Å². The van der Waals surface area contributed by atoms with Crippen molar-refractivity contribution in [2.75, 3.05) is 0 Å². The SMILES string of the molecule is Cc1ccc(Sc2ccc(CN(Cc3ccco3)C(=O)c3ccc(Cl)cc3)o2)cc1. The maximum absolute atomic E-state index is 13.1. The van der Waals surface area contributed by atoms with Gasteiger partial charge in [-0.3, -0.25) is 4.79 Å². The third-order valence-corrected chi connectivity index (χ3v) is 5.71. The Labute approximate surface area is 184 Å². The van der Waals surface area contributed by atoms with Gasteiger partial charge in [-0.05, 0) is 67.6 Å². The maximum Gasteiger partial charge on any atom is 0.254 e. The lowest BCUT2D eigenvalue weighted by Crippen LogP contribution is -2.29. The molecule has 6 heteroatoms. The molecule has 0 bridgehead atoms. The van der Waals surface area contributed by atoms with E-state index in [2.05, 4.69) is 31.2 Å². The number of hydrogen-bond acceptors (Lipinski definition) is 4. The number of halogens is 1. The van der Waals surface area contributed by atoms with E-state index in [0.29, 0.717) is 35.2 Å². The summed E-state index contributed by atoms with van der Waals surface area (Å²) in [7, 11) is 0. The zero-order valence-corrected chi connectivity index (χ0v) is 18.0. The summed E-state index contributed by atoms with van der Waals surface area (Å²) in [4.78, 5) is 15.9. The second kappa shape index (κ2) is 9.28. The van der Waals surface area contributed by atoms with Gasteiger partial charge in [0.2, 0.25) is 0 Å². The number of hydrogen-bond donors (Lipinski definition) is 0. The fraction of sp³-hybridized carbons (Fsp3) is 0.125. The third-order valence-electron chi connectivity index (χ3n) is 4.53. The normalized spacial score (nSPS) is 10.9. The van der Waals surface area contributed by atoms with Crippen LogP contribution in [0.1, 0.15) is 27.4 Å². The predicted molar refractivity (Wildman–Crippen MR) is 118 cm³/mol. The van der Waals surface area contributed by atoms with Crippen LogP contribution in [0, 0.1) is 6.92 Å². The fourth-order valence-electron chi connectivity index (χ4n) is 2.97. The van der Waals surface area contributed by atoms with Crippen LogP contribution in [0.15, 0.2) is 97.9 Å². The Bertz CT molecular complexity index is 1100. The van der Waals surface area contributed by atoms with E-state index in [1.54, 1.807) is 47.2 Å². The van der Waals surface area contributed by atoms with Crippen molar-refractivity contribution in [1.82, 2.24) is 4.90 Å². The molecule has 0 saturated heterocycles. The summed E-state index contributed by atoms with van der Waals surface area (Å²) in [5.74, 6) is 1.30. The van der Waals surface area contributed by atoms with E-state index in [1.165, 1.54) is 5.56 Å². The second-order valence-electron chi connectivity index (χ2n) is 6.88. The highest BCUT2D eigenvalue weighted by molar-refractivity contribution is 7.99. The van der Waals surface area contributed by atoms with E-state index in [-0.39, 0.29) is 5.91 Å². The summed E-state index contributed by atoms with van der Waals surface area (Å²) >= 11 is 7.51. The Morgan fingerprint density at radius 2 is 1.67 bits per heavy atom. The molecule has 0 saturated carbocycles. The topological polar surface area (TPSA) is 46.6 Å². The summed E-state index contributed by atoms with van der Waals surface area (Å²) in [5.41, 5.74) is 1.78. The largest absolute Gasteiger partial charge is 0.467 e. The van der Waals surface area contributed by atoms with Crippen molar-refractivity contribution in [1.29, 1.82) is 0 Å². The van der Waals surface area contributed by atoms with Crippen LogP contribution in [0.4, 0.5) is 0 Å². The fourth-order valence-corrected chi connectivity index (χ4v) is 3.89. The molecule has 0 radical (unpaired) electrons. The lowest BCUT2D eigenvalue weighted by atomic mass is 10.2. The summed E-state index contributed by atoms with van der Waals surface area (Å²) in [6.45, 7) is 2.73. The second-order valence-corrected chi connectivity index (χ2v) is 8.40. The van der Waals surface area contributed by atoms with Crippen LogP contribution in [-0.2, 0) is 13.1 Å². The van der Waals surface area contributed by atoms with Crippen molar-refractivity contribution >= 4 is 29.3 Å². The first-order valence-corrected chi connectivity index (χ1v) is 10.7. The molecule has 0 aliphatic heterocycles. The Morgan fingerprint density at radius 3 is 2.37 bits per heavy atom. The zero-order chi connectivity index (χ0) is 20.9. The number of carbonyl (C=O) groups excluding carboxylic acids is 1. The van der Waals surface area contributed by atoms with Crippen LogP contribution < -0.4 is 0 Å². The van der Waals surface area contributed by atoms with E-state index in [0.717, 1.165) is 9.99 Å². The molecule has 0 spiro atoms. The molecule has 0 aliphatic rings. The molecule has 152 valence electrons. The molecule has 4 aromatic rings. The molecule has 4 rings (SSSR count). The van der Waals surface area contributed by atoms with Crippen LogP contribution in [0.2, 0.25) is 5.02 Å². The molecular formula is C24H20ClNO3S. The summed E-state index contributed by atoms with van der Waals surface area (Å²) in [6.07, 6.45) is 1.60. The monoisotopic (exact) mass is 437 g/mol. The van der Waals surface area contributed by atoms with Crippen molar-refractivity contribution in [2.24, 2.45) is 0 Å². The van der Waals surface area contributed by atoms with Gasteiger partial charge in [-0.1, -0.05) is 41.1 Å². The first kappa shape index (κ1) is 20.4. The molecule has 4 nitrogen and oxygen atoms in total. The average Bonchev–Trinajstić information content (AvgIpc) is 3.41. The molecule has 0 unspecified atom stereocenters. The standard InChI is InChI=1S/C24H20ClNO3S/c1-17-4-11-22(12-5-17)30-23-13-10-21(29-23)16-26(15-20-3-2-14-28-20)24(27)18-6-8-19(25)9-7-18/h2-14H,15-16H2,1H3. The van der Waals surface area contributed by atoms with Gasteiger partial charge in [0.15, 0.2) is 5.09 Å². The zero-order valence-electron chi connectivity index (χ0n) is 16.4. The molecule has 0 N–H and O–H groups in total. The van der Waals surface area contributed by atoms with Gasteiger partial charge in [-0.2, -0.15) is 0 Å². The van der Waals surface area contributed by atoms with Gasteiger partial charge < -0.3 is 13.7 Å². The van der Waals surface area contributed by atoms with E-state index in [1.807, 2.05) is 24.3 Å². The minimum absolute atomic E-state index is 0.118. The smallest absolute Gasteiger partial charge is 0.254 e. The Morgan fingerprint density at radius 1 is 0.933 bits per heavy atom. The average molecular weight is 438 g/mol. The summed E-state index contributed by atoms with van der Waals surface area (Å²) < 4.78 is 11.4. The Hall–Kier alpha value is -2.89. The molecule has 0 fully saturated rings. The van der Waals surface area contributed by atoms with Crippen molar-refractivity contribution in [2.45, 2.75) is 30.0 Å². The highest BCUT2D eigenvalue weighted by atomic mass is 35.5. The first-order valence-electron chi connectivity index (χ1n) is 9.47. The van der Waals surface area contributed by atoms with Crippen LogP contribution in [0.3, 0.4) is 0 Å². The molecule has 30 heavy (non-hydrogen) atoms. The van der Waals surface area contributed by atoms with Gasteiger partial charge in [0.05, 0.1) is 19.4 Å². The molecule has 2 aromatic carbocycles. The lowest BCUT2D eigenvalue weighted by Gasteiger charge is -2.20. The van der Waals surface area contributed by atoms with E-state index < -0.39 is 0 Å². The summed E-state index contributed by atoms with van der Waals surface area (Å²) in [5, 5.41) is 1.37. The molecule has 0 atom stereocenters. The van der Waals surface area contributed by atoms with Crippen LogP contribution in [0.5, 0.6) is 0 Å². The quantitative estimate of drug-likeness (QED) is 0.318. The van der Waals surface area contributed by atoms with Crippen LogP contribution in [-0.4, -0.2) is 10.8 Å². The molecule has 0 aliphatic carbocycles. The van der Waals surface area contributed by atoms with Gasteiger partial charge in [0.1, 0.15) is 11.5 Å². The highest BCUT2D eigenvalue weighted by Gasteiger charge is 2.19. The van der Waals surface area contributed by atoms with E-state index in [9.17, 15) is 4.79 Å². The predicted octanol–water partition coefficient (Wildman–Crippen LogP) is 6.83. The van der Waals surface area contributed by atoms with Crippen LogP contribution >= 0.6 is 23.4 Å². The molecule has 1 amide bonds. The van der Waals surface area contributed by atoms with E-state index in [4.69, 9.17) is 20.4 Å². The number of aryl methyl sites for hydroxylation is 1. The number of nitrogens with zero attached hydrogens (tertiary/aromatic N) is 1. The number of carbonyl (C=O) groups is 1. The number of benzene rings is 2. The number of amides is 1. The van der Waals surface area contributed by atoms with Crippen molar-refractivity contribution in [3.05, 3.63) is 107 Å². The van der Waals surface area contributed by atoms with E-state index >= 15 is 0 Å².